The molecule has 1 fully saturated rings. The summed E-state index contributed by atoms with van der Waals surface area (Å²) in [5, 5.41) is 10.5. The zero-order chi connectivity index (χ0) is 18.6. The van der Waals surface area contributed by atoms with Crippen molar-refractivity contribution in [1.29, 1.82) is 0 Å². The van der Waals surface area contributed by atoms with Crippen LogP contribution in [0.1, 0.15) is 23.2 Å². The minimum Gasteiger partial charge on any atom is -0.396 e. The van der Waals surface area contributed by atoms with E-state index < -0.39 is 0 Å². The van der Waals surface area contributed by atoms with Crippen molar-refractivity contribution in [2.45, 2.75) is 12.8 Å². The molecule has 0 atom stereocenters. The van der Waals surface area contributed by atoms with Crippen LogP contribution in [0, 0.1) is 5.41 Å². The number of benzene rings is 2. The molecule has 1 N–H and O–H groups in total. The van der Waals surface area contributed by atoms with Crippen LogP contribution in [-0.2, 0) is 4.74 Å². The lowest BCUT2D eigenvalue weighted by Gasteiger charge is -2.38. The lowest BCUT2D eigenvalue weighted by atomic mass is 9.80. The first-order valence-electron chi connectivity index (χ1n) is 8.83. The molecule has 138 valence electrons. The van der Waals surface area contributed by atoms with E-state index in [0.717, 1.165) is 24.0 Å². The van der Waals surface area contributed by atoms with Gasteiger partial charge < -0.3 is 14.7 Å². The molecule has 1 amide bonds. The number of carbonyl (C=O) groups is 1. The topological polar surface area (TPSA) is 49.8 Å². The summed E-state index contributed by atoms with van der Waals surface area (Å²) in [4.78, 5) is 14.6. The molecule has 0 radical (unpaired) electrons. The van der Waals surface area contributed by atoms with Crippen LogP contribution in [0.3, 0.4) is 0 Å². The van der Waals surface area contributed by atoms with Gasteiger partial charge >= 0.3 is 0 Å². The first-order chi connectivity index (χ1) is 12.5. The number of ether oxygens (including phenoxy) is 1. The van der Waals surface area contributed by atoms with E-state index in [2.05, 4.69) is 0 Å². The number of amides is 1. The number of hydrogen-bond donors (Lipinski definition) is 1. The zero-order valence-corrected chi connectivity index (χ0v) is 15.7. The number of rotatable bonds is 5. The Morgan fingerprint density at radius 2 is 1.85 bits per heavy atom. The fourth-order valence-electron chi connectivity index (χ4n) is 3.44. The predicted molar refractivity (Wildman–Crippen MR) is 103 cm³/mol. The molecule has 5 heteroatoms. The second-order valence-electron chi connectivity index (χ2n) is 7.02. The normalized spacial score (nSPS) is 16.3. The third kappa shape index (κ3) is 4.26. The largest absolute Gasteiger partial charge is 0.396 e. The molecule has 1 saturated heterocycles. The van der Waals surface area contributed by atoms with E-state index in [9.17, 15) is 9.90 Å². The maximum absolute atomic E-state index is 12.9. The number of halogens is 1. The van der Waals surface area contributed by atoms with Crippen LogP contribution in [-0.4, -0.2) is 49.3 Å². The standard InChI is InChI=1S/C21H24ClNO3/c1-23(14-21(15-24)9-11-26-12-10-21)20(25)18-4-2-3-17(13-18)16-5-7-19(22)8-6-16/h2-8,13,24H,9-12,14-15H2,1H3. The Morgan fingerprint density at radius 1 is 1.15 bits per heavy atom. The van der Waals surface area contributed by atoms with Crippen molar-refractivity contribution in [3.8, 4) is 11.1 Å². The summed E-state index contributed by atoms with van der Waals surface area (Å²) >= 11 is 5.95. The smallest absolute Gasteiger partial charge is 0.253 e. The van der Waals surface area contributed by atoms with Crippen LogP contribution in [0.4, 0.5) is 0 Å². The molecule has 4 nitrogen and oxygen atoms in total. The molecule has 2 aromatic carbocycles. The van der Waals surface area contributed by atoms with Gasteiger partial charge in [-0.05, 0) is 48.2 Å². The van der Waals surface area contributed by atoms with E-state index in [1.807, 2.05) is 48.5 Å². The average molecular weight is 374 g/mol. The van der Waals surface area contributed by atoms with Gasteiger partial charge in [-0.15, -0.1) is 0 Å². The number of hydrogen-bond acceptors (Lipinski definition) is 3. The summed E-state index contributed by atoms with van der Waals surface area (Å²) in [5.41, 5.74) is 2.36. The summed E-state index contributed by atoms with van der Waals surface area (Å²) in [6.07, 6.45) is 1.54. The van der Waals surface area contributed by atoms with Crippen LogP contribution in [0.15, 0.2) is 48.5 Å². The Morgan fingerprint density at radius 3 is 2.50 bits per heavy atom. The first-order valence-corrected chi connectivity index (χ1v) is 9.21. The van der Waals surface area contributed by atoms with Gasteiger partial charge in [-0.1, -0.05) is 35.9 Å². The minimum atomic E-state index is -0.267. The van der Waals surface area contributed by atoms with Crippen molar-refractivity contribution in [3.63, 3.8) is 0 Å². The summed E-state index contributed by atoms with van der Waals surface area (Å²) in [7, 11) is 1.80. The van der Waals surface area contributed by atoms with E-state index in [4.69, 9.17) is 16.3 Å². The van der Waals surface area contributed by atoms with Crippen molar-refractivity contribution in [1.82, 2.24) is 4.90 Å². The Hall–Kier alpha value is -1.88. The fraction of sp³-hybridized carbons (Fsp3) is 0.381. The summed E-state index contributed by atoms with van der Waals surface area (Å²) in [5.74, 6) is -0.0415. The van der Waals surface area contributed by atoms with E-state index in [1.165, 1.54) is 0 Å². The number of carbonyl (C=O) groups excluding carboxylic acids is 1. The first kappa shape index (κ1) is 18.9. The Labute approximate surface area is 159 Å². The van der Waals surface area contributed by atoms with E-state index in [1.54, 1.807) is 11.9 Å². The third-order valence-electron chi connectivity index (χ3n) is 5.10. The third-order valence-corrected chi connectivity index (χ3v) is 5.35. The zero-order valence-electron chi connectivity index (χ0n) is 15.0. The maximum Gasteiger partial charge on any atom is 0.253 e. The second-order valence-corrected chi connectivity index (χ2v) is 7.46. The van der Waals surface area contributed by atoms with Gasteiger partial charge in [0, 0.05) is 42.8 Å². The van der Waals surface area contributed by atoms with Gasteiger partial charge in [-0.2, -0.15) is 0 Å². The highest BCUT2D eigenvalue weighted by Crippen LogP contribution is 2.31. The average Bonchev–Trinajstić information content (AvgIpc) is 2.68. The van der Waals surface area contributed by atoms with Gasteiger partial charge in [0.05, 0.1) is 6.61 Å². The highest BCUT2D eigenvalue weighted by atomic mass is 35.5. The predicted octanol–water partition coefficient (Wildman–Crippen LogP) is 3.87. The highest BCUT2D eigenvalue weighted by molar-refractivity contribution is 6.30. The van der Waals surface area contributed by atoms with E-state index >= 15 is 0 Å². The van der Waals surface area contributed by atoms with Crippen LogP contribution >= 0.6 is 11.6 Å². The Bertz CT molecular complexity index is 754. The molecular weight excluding hydrogens is 350 g/mol. The summed E-state index contributed by atoms with van der Waals surface area (Å²) in [6.45, 7) is 1.86. The van der Waals surface area contributed by atoms with Gasteiger partial charge in [-0.25, -0.2) is 0 Å². The monoisotopic (exact) mass is 373 g/mol. The van der Waals surface area contributed by atoms with Crippen molar-refractivity contribution in [3.05, 3.63) is 59.1 Å². The SMILES string of the molecule is CN(CC1(CO)CCOCC1)C(=O)c1cccc(-c2ccc(Cl)cc2)c1. The van der Waals surface area contributed by atoms with Crippen LogP contribution in [0.5, 0.6) is 0 Å². The van der Waals surface area contributed by atoms with E-state index in [-0.39, 0.29) is 17.9 Å². The number of nitrogens with zero attached hydrogens (tertiary/aromatic N) is 1. The molecule has 26 heavy (non-hydrogen) atoms. The Kier molecular flexibility index (Phi) is 5.97. The molecule has 0 saturated carbocycles. The quantitative estimate of drug-likeness (QED) is 0.865. The van der Waals surface area contributed by atoms with Crippen molar-refractivity contribution >= 4 is 17.5 Å². The minimum absolute atomic E-state index is 0.0415. The van der Waals surface area contributed by atoms with Gasteiger partial charge in [0.15, 0.2) is 0 Å². The molecular formula is C21H24ClNO3. The summed E-state index contributed by atoms with van der Waals surface area (Å²) < 4.78 is 5.40. The lowest BCUT2D eigenvalue weighted by Crippen LogP contribution is -2.44. The van der Waals surface area contributed by atoms with Gasteiger partial charge in [-0.3, -0.25) is 4.79 Å². The molecule has 2 aromatic rings. The molecule has 1 aliphatic rings. The maximum atomic E-state index is 12.9. The molecule has 0 aliphatic carbocycles. The second kappa shape index (κ2) is 8.21. The van der Waals surface area contributed by atoms with Crippen molar-refractivity contribution < 1.29 is 14.6 Å². The van der Waals surface area contributed by atoms with Crippen LogP contribution < -0.4 is 0 Å². The van der Waals surface area contributed by atoms with Gasteiger partial charge in [0.25, 0.3) is 5.91 Å². The summed E-state index contributed by atoms with van der Waals surface area (Å²) in [6, 6.07) is 15.2. The van der Waals surface area contributed by atoms with Crippen LogP contribution in [0.2, 0.25) is 5.02 Å². The fourth-order valence-corrected chi connectivity index (χ4v) is 3.57. The number of aliphatic hydroxyl groups excluding tert-OH is 1. The van der Waals surface area contributed by atoms with E-state index in [0.29, 0.717) is 30.3 Å². The molecule has 1 heterocycles. The Balaban J connectivity index is 1.76. The van der Waals surface area contributed by atoms with Gasteiger partial charge in [0.1, 0.15) is 0 Å². The molecule has 3 rings (SSSR count). The number of aliphatic hydroxyl groups is 1. The van der Waals surface area contributed by atoms with Crippen molar-refractivity contribution in [2.75, 3.05) is 33.4 Å². The molecule has 0 aromatic heterocycles. The molecule has 0 bridgehead atoms. The lowest BCUT2D eigenvalue weighted by molar-refractivity contribution is -0.0282. The molecule has 0 spiro atoms. The van der Waals surface area contributed by atoms with Crippen LogP contribution in [0.25, 0.3) is 11.1 Å². The van der Waals surface area contributed by atoms with Crippen molar-refractivity contribution in [2.24, 2.45) is 5.41 Å². The highest BCUT2D eigenvalue weighted by Gasteiger charge is 2.34. The molecule has 1 aliphatic heterocycles. The van der Waals surface area contributed by atoms with Gasteiger partial charge in [0.2, 0.25) is 0 Å². The molecule has 0 unspecified atom stereocenters.